The van der Waals surface area contributed by atoms with Crippen LogP contribution in [0, 0.1) is 17.8 Å². The summed E-state index contributed by atoms with van der Waals surface area (Å²) < 4.78 is 2.91. The van der Waals surface area contributed by atoms with Crippen LogP contribution in [0.2, 0.25) is 0 Å². The van der Waals surface area contributed by atoms with Gasteiger partial charge in [0.15, 0.2) is 0 Å². The Bertz CT molecular complexity index is 408. The van der Waals surface area contributed by atoms with E-state index in [0.717, 1.165) is 35.0 Å². The van der Waals surface area contributed by atoms with E-state index in [1.54, 1.807) is 0 Å². The van der Waals surface area contributed by atoms with Crippen LogP contribution < -0.4 is 0 Å². The van der Waals surface area contributed by atoms with Crippen molar-refractivity contribution in [2.75, 3.05) is 0 Å². The van der Waals surface area contributed by atoms with Crippen molar-refractivity contribution in [3.8, 4) is 0 Å². The second-order valence-electron chi connectivity index (χ2n) is 5.53. The van der Waals surface area contributed by atoms with Crippen LogP contribution in [0.1, 0.15) is 44.4 Å². The predicted molar refractivity (Wildman–Crippen MR) is 69.5 cm³/mol. The molecule has 1 aromatic rings. The first-order chi connectivity index (χ1) is 8.20. The number of aryl methyl sites for hydroxylation is 1. The average Bonchev–Trinajstić information content (AvgIpc) is 2.75. The summed E-state index contributed by atoms with van der Waals surface area (Å²) in [5.41, 5.74) is 0.984. The van der Waals surface area contributed by atoms with Gasteiger partial charge in [0.05, 0.1) is 22.5 Å². The van der Waals surface area contributed by atoms with Gasteiger partial charge < -0.3 is 5.11 Å². The highest BCUT2D eigenvalue weighted by molar-refractivity contribution is 9.10. The Morgan fingerprint density at radius 3 is 2.82 bits per heavy atom. The van der Waals surface area contributed by atoms with E-state index >= 15 is 0 Å². The molecule has 3 unspecified atom stereocenters. The molecule has 0 aromatic carbocycles. The Kier molecular flexibility index (Phi) is 3.03. The van der Waals surface area contributed by atoms with Crippen LogP contribution in [0.25, 0.3) is 0 Å². The van der Waals surface area contributed by atoms with Gasteiger partial charge in [0.2, 0.25) is 0 Å². The fourth-order valence-electron chi connectivity index (χ4n) is 3.30. The topological polar surface area (TPSA) is 38.0 Å². The number of halogens is 1. The van der Waals surface area contributed by atoms with Gasteiger partial charge in [-0.25, -0.2) is 0 Å². The molecule has 3 atom stereocenters. The van der Waals surface area contributed by atoms with Gasteiger partial charge in [-0.05, 0) is 59.4 Å². The zero-order valence-corrected chi connectivity index (χ0v) is 11.7. The third-order valence-electron chi connectivity index (χ3n) is 4.28. The van der Waals surface area contributed by atoms with E-state index in [0.29, 0.717) is 5.92 Å². The van der Waals surface area contributed by atoms with Crippen molar-refractivity contribution < 1.29 is 5.11 Å². The van der Waals surface area contributed by atoms with E-state index in [9.17, 15) is 5.11 Å². The molecule has 17 heavy (non-hydrogen) atoms. The molecule has 0 amide bonds. The Balaban J connectivity index is 1.79. The van der Waals surface area contributed by atoms with Crippen LogP contribution in [0.3, 0.4) is 0 Å². The summed E-state index contributed by atoms with van der Waals surface area (Å²) in [6.07, 6.45) is 6.32. The number of nitrogens with zero attached hydrogens (tertiary/aromatic N) is 2. The summed E-state index contributed by atoms with van der Waals surface area (Å²) in [6, 6.07) is 0. The van der Waals surface area contributed by atoms with Crippen LogP contribution in [0.4, 0.5) is 0 Å². The summed E-state index contributed by atoms with van der Waals surface area (Å²) in [4.78, 5) is 0. The first-order valence-corrected chi connectivity index (χ1v) is 7.39. The van der Waals surface area contributed by atoms with Crippen molar-refractivity contribution in [1.29, 1.82) is 0 Å². The van der Waals surface area contributed by atoms with Gasteiger partial charge in [-0.1, -0.05) is 6.92 Å². The molecule has 2 aliphatic rings. The van der Waals surface area contributed by atoms with Gasteiger partial charge in [0, 0.05) is 6.54 Å². The molecule has 0 bridgehead atoms. The number of hydrogen-bond donors (Lipinski definition) is 1. The summed E-state index contributed by atoms with van der Waals surface area (Å²) >= 11 is 3.52. The van der Waals surface area contributed by atoms with Gasteiger partial charge in [0.25, 0.3) is 0 Å². The number of rotatable bonds is 4. The monoisotopic (exact) mass is 298 g/mol. The van der Waals surface area contributed by atoms with E-state index in [1.807, 2.05) is 10.9 Å². The Labute approximate surface area is 110 Å². The molecule has 4 heteroatoms. The summed E-state index contributed by atoms with van der Waals surface area (Å²) in [5.74, 6) is 2.27. The second kappa shape index (κ2) is 4.39. The first kappa shape index (κ1) is 11.7. The molecule has 94 valence electrons. The molecule has 0 aliphatic heterocycles. The Hall–Kier alpha value is -0.350. The van der Waals surface area contributed by atoms with E-state index in [2.05, 4.69) is 28.0 Å². The fourth-order valence-corrected chi connectivity index (χ4v) is 3.83. The fraction of sp³-hybridized carbons (Fsp3) is 0.769. The molecule has 1 N–H and O–H groups in total. The lowest BCUT2D eigenvalue weighted by Crippen LogP contribution is -2.16. The quantitative estimate of drug-likeness (QED) is 0.927. The average molecular weight is 299 g/mol. The largest absolute Gasteiger partial charge is 0.386 e. The normalized spacial score (nSPS) is 32.5. The number of aromatic nitrogens is 2. The second-order valence-corrected chi connectivity index (χ2v) is 6.39. The number of fused-ring (bicyclic) bond motifs is 1. The minimum atomic E-state index is -0.341. The van der Waals surface area contributed by atoms with Gasteiger partial charge in [-0.15, -0.1) is 0 Å². The smallest absolute Gasteiger partial charge is 0.0996 e. The molecule has 2 saturated carbocycles. The van der Waals surface area contributed by atoms with E-state index in [4.69, 9.17) is 0 Å². The minimum absolute atomic E-state index is 0.341. The molecule has 3 rings (SSSR count). The molecule has 2 fully saturated rings. The zero-order chi connectivity index (χ0) is 12.0. The maximum Gasteiger partial charge on any atom is 0.0996 e. The van der Waals surface area contributed by atoms with Crippen molar-refractivity contribution in [2.24, 2.45) is 17.8 Å². The lowest BCUT2D eigenvalue weighted by Gasteiger charge is -2.21. The van der Waals surface area contributed by atoms with E-state index < -0.39 is 0 Å². The van der Waals surface area contributed by atoms with E-state index in [1.165, 1.54) is 19.3 Å². The summed E-state index contributed by atoms with van der Waals surface area (Å²) in [6.45, 7) is 3.02. The summed E-state index contributed by atoms with van der Waals surface area (Å²) in [7, 11) is 0. The Morgan fingerprint density at radius 1 is 1.47 bits per heavy atom. The van der Waals surface area contributed by atoms with Gasteiger partial charge in [0.1, 0.15) is 0 Å². The molecule has 2 aliphatic carbocycles. The highest BCUT2D eigenvalue weighted by Gasteiger charge is 2.48. The van der Waals surface area contributed by atoms with Crippen LogP contribution in [0.15, 0.2) is 10.7 Å². The van der Waals surface area contributed by atoms with Crippen molar-refractivity contribution in [3.05, 3.63) is 16.4 Å². The lowest BCUT2D eigenvalue weighted by molar-refractivity contribution is 0.0944. The van der Waals surface area contributed by atoms with Crippen LogP contribution in [-0.4, -0.2) is 14.9 Å². The standard InChI is InChI=1S/C13H19BrN2O/c1-2-3-16-12(11(14)7-15-16)13(17)10-5-8-4-9(8)6-10/h7-10,13,17H,2-6H2,1H3. The molecular weight excluding hydrogens is 280 g/mol. The van der Waals surface area contributed by atoms with Gasteiger partial charge in [-0.2, -0.15) is 5.10 Å². The van der Waals surface area contributed by atoms with Gasteiger partial charge >= 0.3 is 0 Å². The van der Waals surface area contributed by atoms with Crippen molar-refractivity contribution >= 4 is 15.9 Å². The lowest BCUT2D eigenvalue weighted by atomic mass is 9.94. The van der Waals surface area contributed by atoms with Crippen LogP contribution >= 0.6 is 15.9 Å². The molecule has 1 heterocycles. The highest BCUT2D eigenvalue weighted by atomic mass is 79.9. The molecule has 0 saturated heterocycles. The molecular formula is C13H19BrN2O. The van der Waals surface area contributed by atoms with E-state index in [-0.39, 0.29) is 6.10 Å². The highest BCUT2D eigenvalue weighted by Crippen LogP contribution is 2.57. The minimum Gasteiger partial charge on any atom is -0.386 e. The van der Waals surface area contributed by atoms with Crippen LogP contribution in [-0.2, 0) is 6.54 Å². The Morgan fingerprint density at radius 2 is 2.18 bits per heavy atom. The van der Waals surface area contributed by atoms with Crippen molar-refractivity contribution in [1.82, 2.24) is 9.78 Å². The third-order valence-corrected chi connectivity index (χ3v) is 4.89. The van der Waals surface area contributed by atoms with Crippen molar-refractivity contribution in [2.45, 2.75) is 45.3 Å². The van der Waals surface area contributed by atoms with Gasteiger partial charge in [-0.3, -0.25) is 4.68 Å². The molecule has 0 radical (unpaired) electrons. The molecule has 3 nitrogen and oxygen atoms in total. The van der Waals surface area contributed by atoms with Crippen molar-refractivity contribution in [3.63, 3.8) is 0 Å². The maximum atomic E-state index is 10.5. The number of aliphatic hydroxyl groups excluding tert-OH is 1. The van der Waals surface area contributed by atoms with Crippen LogP contribution in [0.5, 0.6) is 0 Å². The SMILES string of the molecule is CCCn1ncc(Br)c1C(O)C1CC2CC2C1. The number of aliphatic hydroxyl groups is 1. The first-order valence-electron chi connectivity index (χ1n) is 6.60. The number of hydrogen-bond acceptors (Lipinski definition) is 2. The molecule has 0 spiro atoms. The maximum absolute atomic E-state index is 10.5. The predicted octanol–water partition coefficient (Wildman–Crippen LogP) is 3.14. The zero-order valence-electron chi connectivity index (χ0n) is 10.1. The summed E-state index contributed by atoms with van der Waals surface area (Å²) in [5, 5.41) is 14.9. The molecule has 1 aromatic heterocycles. The third kappa shape index (κ3) is 2.06.